The van der Waals surface area contributed by atoms with Crippen molar-refractivity contribution in [3.8, 4) is 11.5 Å². The molecular formula is C19H19N3O3. The monoisotopic (exact) mass is 337 g/mol. The minimum absolute atomic E-state index is 0.310. The predicted octanol–water partition coefficient (Wildman–Crippen LogP) is 3.57. The average Bonchev–Trinajstić information content (AvgIpc) is 2.66. The molecule has 1 aromatic heterocycles. The number of rotatable bonds is 5. The van der Waals surface area contributed by atoms with E-state index in [-0.39, 0.29) is 6.03 Å². The van der Waals surface area contributed by atoms with Crippen molar-refractivity contribution < 1.29 is 14.3 Å². The van der Waals surface area contributed by atoms with Gasteiger partial charge in [0.2, 0.25) is 0 Å². The van der Waals surface area contributed by atoms with Gasteiger partial charge in [-0.2, -0.15) is 0 Å². The van der Waals surface area contributed by atoms with Gasteiger partial charge in [-0.15, -0.1) is 0 Å². The number of anilines is 1. The molecule has 2 aromatic carbocycles. The van der Waals surface area contributed by atoms with E-state index in [0.29, 0.717) is 23.7 Å². The summed E-state index contributed by atoms with van der Waals surface area (Å²) in [5.74, 6) is 1.39. The Labute approximate surface area is 145 Å². The Morgan fingerprint density at radius 1 is 1.08 bits per heavy atom. The maximum absolute atomic E-state index is 12.3. The second-order valence-corrected chi connectivity index (χ2v) is 5.39. The van der Waals surface area contributed by atoms with E-state index in [0.717, 1.165) is 16.3 Å². The number of aromatic nitrogens is 1. The van der Waals surface area contributed by atoms with E-state index in [1.54, 1.807) is 26.6 Å². The summed E-state index contributed by atoms with van der Waals surface area (Å²) in [6.07, 6.45) is 3.40. The number of hydrogen-bond acceptors (Lipinski definition) is 4. The van der Waals surface area contributed by atoms with Crippen molar-refractivity contribution >= 4 is 22.5 Å². The number of urea groups is 1. The van der Waals surface area contributed by atoms with Gasteiger partial charge >= 0.3 is 6.03 Å². The summed E-state index contributed by atoms with van der Waals surface area (Å²) in [5, 5.41) is 7.57. The Bertz CT molecular complexity index is 891. The Balaban J connectivity index is 1.71. The van der Waals surface area contributed by atoms with Crippen LogP contribution < -0.4 is 20.1 Å². The fraction of sp³-hybridized carbons (Fsp3) is 0.158. The van der Waals surface area contributed by atoms with Crippen LogP contribution in [0.25, 0.3) is 10.8 Å². The van der Waals surface area contributed by atoms with Gasteiger partial charge in [0.1, 0.15) is 11.5 Å². The standard InChI is InChI=1S/C19H19N3O3/c1-24-15-7-8-18(25-2)14(9-15)11-21-19(23)22-17-12-20-10-13-5-3-4-6-16(13)17/h3-10,12H,11H2,1-2H3,(H2,21,22,23). The maximum Gasteiger partial charge on any atom is 0.319 e. The number of nitrogens with one attached hydrogen (secondary N) is 2. The summed E-state index contributed by atoms with van der Waals surface area (Å²) in [7, 11) is 3.19. The topological polar surface area (TPSA) is 72.5 Å². The Kier molecular flexibility index (Phi) is 4.99. The van der Waals surface area contributed by atoms with Crippen molar-refractivity contribution in [3.63, 3.8) is 0 Å². The van der Waals surface area contributed by atoms with Crippen LogP contribution >= 0.6 is 0 Å². The lowest BCUT2D eigenvalue weighted by Gasteiger charge is -2.13. The first kappa shape index (κ1) is 16.6. The Hall–Kier alpha value is -3.28. The van der Waals surface area contributed by atoms with E-state index in [1.165, 1.54) is 0 Å². The molecule has 0 bridgehead atoms. The van der Waals surface area contributed by atoms with Crippen LogP contribution in [0, 0.1) is 0 Å². The first-order chi connectivity index (χ1) is 12.2. The highest BCUT2D eigenvalue weighted by atomic mass is 16.5. The first-order valence-corrected chi connectivity index (χ1v) is 7.80. The normalized spacial score (nSPS) is 10.3. The molecule has 0 spiro atoms. The summed E-state index contributed by atoms with van der Waals surface area (Å²) in [6.45, 7) is 0.310. The lowest BCUT2D eigenvalue weighted by molar-refractivity contribution is 0.251. The van der Waals surface area contributed by atoms with Crippen LogP contribution in [0.2, 0.25) is 0 Å². The first-order valence-electron chi connectivity index (χ1n) is 7.80. The average molecular weight is 337 g/mol. The van der Waals surface area contributed by atoms with Gasteiger partial charge in [-0.3, -0.25) is 4.98 Å². The van der Waals surface area contributed by atoms with Gasteiger partial charge in [0.15, 0.2) is 0 Å². The second kappa shape index (κ2) is 7.53. The molecule has 2 N–H and O–H groups in total. The number of methoxy groups -OCH3 is 2. The van der Waals surface area contributed by atoms with Crippen molar-refractivity contribution in [3.05, 3.63) is 60.4 Å². The van der Waals surface area contributed by atoms with E-state index in [4.69, 9.17) is 9.47 Å². The number of carbonyl (C=O) groups excluding carboxylic acids is 1. The third-order valence-corrected chi connectivity index (χ3v) is 3.84. The number of amides is 2. The lowest BCUT2D eigenvalue weighted by atomic mass is 10.1. The molecule has 1 heterocycles. The number of hydrogen-bond donors (Lipinski definition) is 2. The van der Waals surface area contributed by atoms with Crippen LogP contribution in [-0.4, -0.2) is 25.2 Å². The van der Waals surface area contributed by atoms with Gasteiger partial charge in [-0.1, -0.05) is 24.3 Å². The zero-order chi connectivity index (χ0) is 17.6. The number of carbonyl (C=O) groups is 1. The molecule has 0 saturated heterocycles. The minimum Gasteiger partial charge on any atom is -0.497 e. The highest BCUT2D eigenvalue weighted by Gasteiger charge is 2.09. The zero-order valence-corrected chi connectivity index (χ0v) is 14.1. The van der Waals surface area contributed by atoms with Crippen molar-refractivity contribution in [2.75, 3.05) is 19.5 Å². The highest BCUT2D eigenvalue weighted by molar-refractivity contribution is 6.00. The summed E-state index contributed by atoms with van der Waals surface area (Å²) in [4.78, 5) is 16.4. The van der Waals surface area contributed by atoms with E-state index >= 15 is 0 Å². The van der Waals surface area contributed by atoms with Crippen molar-refractivity contribution in [1.82, 2.24) is 10.3 Å². The summed E-state index contributed by atoms with van der Waals surface area (Å²) in [6, 6.07) is 12.9. The van der Waals surface area contributed by atoms with E-state index in [1.807, 2.05) is 42.5 Å². The number of benzene rings is 2. The molecule has 0 aliphatic rings. The van der Waals surface area contributed by atoms with Gasteiger partial charge < -0.3 is 20.1 Å². The molecule has 0 fully saturated rings. The van der Waals surface area contributed by atoms with Gasteiger partial charge in [0.25, 0.3) is 0 Å². The van der Waals surface area contributed by atoms with Crippen LogP contribution in [0.1, 0.15) is 5.56 Å². The number of pyridine rings is 1. The zero-order valence-electron chi connectivity index (χ0n) is 14.1. The van der Waals surface area contributed by atoms with Crippen molar-refractivity contribution in [2.45, 2.75) is 6.54 Å². The van der Waals surface area contributed by atoms with Crippen LogP contribution in [0.3, 0.4) is 0 Å². The number of nitrogens with zero attached hydrogens (tertiary/aromatic N) is 1. The van der Waals surface area contributed by atoms with E-state index < -0.39 is 0 Å². The summed E-state index contributed by atoms with van der Waals surface area (Å²) >= 11 is 0. The molecule has 0 saturated carbocycles. The number of fused-ring (bicyclic) bond motifs is 1. The molecule has 25 heavy (non-hydrogen) atoms. The molecule has 0 unspecified atom stereocenters. The third-order valence-electron chi connectivity index (χ3n) is 3.84. The van der Waals surface area contributed by atoms with Crippen LogP contribution in [-0.2, 0) is 6.54 Å². The van der Waals surface area contributed by atoms with Gasteiger partial charge in [0.05, 0.1) is 26.1 Å². The molecule has 0 aliphatic heterocycles. The molecule has 0 aliphatic carbocycles. The fourth-order valence-electron chi connectivity index (χ4n) is 2.58. The van der Waals surface area contributed by atoms with Crippen LogP contribution in [0.5, 0.6) is 11.5 Å². The quantitative estimate of drug-likeness (QED) is 0.746. The molecule has 0 atom stereocenters. The molecule has 0 radical (unpaired) electrons. The predicted molar refractivity (Wildman–Crippen MR) is 97.1 cm³/mol. The summed E-state index contributed by atoms with van der Waals surface area (Å²) in [5.41, 5.74) is 1.49. The molecule has 3 aromatic rings. The smallest absolute Gasteiger partial charge is 0.319 e. The minimum atomic E-state index is -0.317. The van der Waals surface area contributed by atoms with Crippen molar-refractivity contribution in [1.29, 1.82) is 0 Å². The maximum atomic E-state index is 12.3. The van der Waals surface area contributed by atoms with Crippen molar-refractivity contribution in [2.24, 2.45) is 0 Å². The molecule has 128 valence electrons. The SMILES string of the molecule is COc1ccc(OC)c(CNC(=O)Nc2cncc3ccccc23)c1. The molecular weight excluding hydrogens is 318 g/mol. The van der Waals surface area contributed by atoms with Gasteiger partial charge in [-0.25, -0.2) is 4.79 Å². The Morgan fingerprint density at radius 2 is 1.92 bits per heavy atom. The second-order valence-electron chi connectivity index (χ2n) is 5.39. The van der Waals surface area contributed by atoms with Gasteiger partial charge in [-0.05, 0) is 18.2 Å². The van der Waals surface area contributed by atoms with Gasteiger partial charge in [0, 0.05) is 29.1 Å². The van der Waals surface area contributed by atoms with Crippen LogP contribution in [0.4, 0.5) is 10.5 Å². The molecule has 2 amide bonds. The number of ether oxygens (including phenoxy) is 2. The van der Waals surface area contributed by atoms with E-state index in [2.05, 4.69) is 15.6 Å². The third kappa shape index (κ3) is 3.80. The molecule has 3 rings (SSSR count). The lowest BCUT2D eigenvalue weighted by Crippen LogP contribution is -2.28. The largest absolute Gasteiger partial charge is 0.497 e. The van der Waals surface area contributed by atoms with Crippen LogP contribution in [0.15, 0.2) is 54.9 Å². The summed E-state index contributed by atoms with van der Waals surface area (Å²) < 4.78 is 10.5. The molecule has 6 nitrogen and oxygen atoms in total. The molecule has 6 heteroatoms. The Morgan fingerprint density at radius 3 is 2.72 bits per heavy atom. The fourth-order valence-corrected chi connectivity index (χ4v) is 2.58. The highest BCUT2D eigenvalue weighted by Crippen LogP contribution is 2.24. The van der Waals surface area contributed by atoms with E-state index in [9.17, 15) is 4.79 Å².